The molecule has 2 atom stereocenters. The fourth-order valence-corrected chi connectivity index (χ4v) is 11.3. The lowest BCUT2D eigenvalue weighted by Crippen LogP contribution is -2.49. The summed E-state index contributed by atoms with van der Waals surface area (Å²) >= 11 is 0. The molecule has 0 bridgehead atoms. The number of nitrogens with zero attached hydrogens (tertiary/aromatic N) is 5. The number of benzene rings is 3. The molecule has 3 aromatic carbocycles. The Hall–Kier alpha value is -6.04. The molecule has 5 aromatic rings. The number of amides is 2. The number of hydrogen-bond acceptors (Lipinski definition) is 8. The number of allylic oxidation sites excluding steroid dienone is 1. The third-order valence-corrected chi connectivity index (χ3v) is 15.3. The van der Waals surface area contributed by atoms with Gasteiger partial charge in [0, 0.05) is 85.1 Å². The van der Waals surface area contributed by atoms with Crippen LogP contribution in [0.4, 0.5) is 24.5 Å². The standard InChI is InChI=1S/C47H47F3N8O5S/c1-28-2-11-40(45(60)53-28)58-25-32-20-34(7-8-35(32)46(58)61)56-19-15-47(27-56)13-17-55(18-14-47)24-29-3-5-30(6-4-29)31-21-36-37(23-52-44(36)51-22-31)43(59)41-38(49)9-10-39(42(41)50)54-64(62,63)57-16-12-33(48)26-57/h3-10,20-23,33,40,54H,1-2,11-19,24-27H2,(H,51,52)(H,53,60)/t33-,40?/m1/s1. The van der Waals surface area contributed by atoms with Crippen molar-refractivity contribution in [3.8, 4) is 11.1 Å². The van der Waals surface area contributed by atoms with Crippen LogP contribution < -0.4 is 14.9 Å². The van der Waals surface area contributed by atoms with Gasteiger partial charge in [0.25, 0.3) is 5.91 Å². The van der Waals surface area contributed by atoms with E-state index in [1.54, 1.807) is 17.2 Å². The van der Waals surface area contributed by atoms with Crippen molar-refractivity contribution in [3.63, 3.8) is 0 Å². The van der Waals surface area contributed by atoms with Gasteiger partial charge in [-0.3, -0.25) is 24.0 Å². The number of alkyl halides is 1. The highest BCUT2D eigenvalue weighted by molar-refractivity contribution is 7.90. The van der Waals surface area contributed by atoms with Gasteiger partial charge in [0.05, 0.1) is 11.3 Å². The predicted octanol–water partition coefficient (Wildman–Crippen LogP) is 6.68. The van der Waals surface area contributed by atoms with Gasteiger partial charge in [0.1, 0.15) is 23.7 Å². The zero-order valence-electron chi connectivity index (χ0n) is 35.0. The third-order valence-electron chi connectivity index (χ3n) is 13.8. The number of piperidine rings is 2. The molecule has 1 spiro atoms. The molecule has 64 heavy (non-hydrogen) atoms. The maximum absolute atomic E-state index is 15.8. The molecule has 7 heterocycles. The number of halogens is 3. The van der Waals surface area contributed by atoms with Crippen molar-refractivity contribution < 1.29 is 36.0 Å². The summed E-state index contributed by atoms with van der Waals surface area (Å²) in [5.74, 6) is -3.79. The molecule has 2 aromatic heterocycles. The summed E-state index contributed by atoms with van der Waals surface area (Å²) in [7, 11) is -4.35. The number of carbonyl (C=O) groups is 3. The Bertz CT molecular complexity index is 2840. The Morgan fingerprint density at radius 3 is 2.48 bits per heavy atom. The van der Waals surface area contributed by atoms with Crippen LogP contribution in [0, 0.1) is 17.0 Å². The minimum Gasteiger partial charge on any atom is -0.371 e. The minimum absolute atomic E-state index is 0.00578. The zero-order valence-corrected chi connectivity index (χ0v) is 35.8. The van der Waals surface area contributed by atoms with Crippen molar-refractivity contribution in [3.05, 3.63) is 125 Å². The van der Waals surface area contributed by atoms with E-state index in [0.717, 1.165) is 90.8 Å². The lowest BCUT2D eigenvalue weighted by atomic mass is 9.77. The summed E-state index contributed by atoms with van der Waals surface area (Å²) in [6, 6.07) is 17.2. The Balaban J connectivity index is 0.766. The van der Waals surface area contributed by atoms with E-state index in [4.69, 9.17) is 0 Å². The summed E-state index contributed by atoms with van der Waals surface area (Å²) in [5, 5.41) is 3.15. The van der Waals surface area contributed by atoms with Crippen LogP contribution in [-0.2, 0) is 28.1 Å². The van der Waals surface area contributed by atoms with Crippen molar-refractivity contribution in [2.75, 3.05) is 48.9 Å². The maximum atomic E-state index is 15.8. The fraction of sp³-hybridized carbons (Fsp3) is 0.362. The molecule has 13 nitrogen and oxygen atoms in total. The third kappa shape index (κ3) is 7.72. The second kappa shape index (κ2) is 16.2. The van der Waals surface area contributed by atoms with Crippen LogP contribution in [0.5, 0.6) is 0 Å². The summed E-state index contributed by atoms with van der Waals surface area (Å²) in [5.41, 5.74) is 5.09. The summed E-state index contributed by atoms with van der Waals surface area (Å²) in [6.07, 6.45) is 6.15. The lowest BCUT2D eigenvalue weighted by molar-refractivity contribution is -0.126. The minimum atomic E-state index is -4.35. The number of H-pyrrole nitrogens is 1. The molecule has 0 aliphatic carbocycles. The van der Waals surface area contributed by atoms with E-state index in [-0.39, 0.29) is 42.3 Å². The van der Waals surface area contributed by atoms with Gasteiger partial charge in [0.2, 0.25) is 11.7 Å². The fourth-order valence-electron chi connectivity index (χ4n) is 10.1. The molecule has 10 rings (SSSR count). The SMILES string of the molecule is C=C1CCC(N2Cc3cc(N4CCC5(CCN(Cc6ccc(-c7cnc8[nH]cc(C(=O)c9c(F)ccc(NS(=O)(=O)N%10CC[C@@H](F)C%10)c9F)c8c7)cc6)CC5)C4)ccc3C2=O)C(=O)N1. The first-order valence-electron chi connectivity index (χ1n) is 21.7. The highest BCUT2D eigenvalue weighted by Gasteiger charge is 2.42. The van der Waals surface area contributed by atoms with Crippen LogP contribution in [0.3, 0.4) is 0 Å². The maximum Gasteiger partial charge on any atom is 0.301 e. The van der Waals surface area contributed by atoms with E-state index in [1.807, 2.05) is 29.0 Å². The second-order valence-electron chi connectivity index (χ2n) is 17.9. The molecule has 332 valence electrons. The van der Waals surface area contributed by atoms with Gasteiger partial charge in [-0.05, 0) is 110 Å². The normalized spacial score (nSPS) is 21.6. The van der Waals surface area contributed by atoms with E-state index in [2.05, 4.69) is 49.9 Å². The first-order chi connectivity index (χ1) is 30.7. The van der Waals surface area contributed by atoms with Gasteiger partial charge >= 0.3 is 10.2 Å². The van der Waals surface area contributed by atoms with Crippen LogP contribution in [-0.4, -0.2) is 102 Å². The van der Waals surface area contributed by atoms with E-state index in [1.165, 1.54) is 6.20 Å². The summed E-state index contributed by atoms with van der Waals surface area (Å²) in [4.78, 5) is 53.7. The predicted molar refractivity (Wildman–Crippen MR) is 235 cm³/mol. The van der Waals surface area contributed by atoms with Crippen molar-refractivity contribution in [2.45, 2.75) is 63.8 Å². The van der Waals surface area contributed by atoms with Crippen LogP contribution >= 0.6 is 0 Å². The van der Waals surface area contributed by atoms with Crippen molar-refractivity contribution in [2.24, 2.45) is 5.41 Å². The number of likely N-dealkylation sites (tertiary alicyclic amines) is 1. The van der Waals surface area contributed by atoms with Gasteiger partial charge in [-0.15, -0.1) is 0 Å². The Kier molecular flexibility index (Phi) is 10.6. The molecule has 5 aliphatic heterocycles. The number of aromatic nitrogens is 2. The molecule has 3 N–H and O–H groups in total. The molecule has 0 saturated carbocycles. The molecule has 5 aliphatic rings. The largest absolute Gasteiger partial charge is 0.371 e. The molecular weight excluding hydrogens is 846 g/mol. The number of aromatic amines is 1. The number of ketones is 1. The number of fused-ring (bicyclic) bond motifs is 2. The van der Waals surface area contributed by atoms with Gasteiger partial charge in [-0.2, -0.15) is 12.7 Å². The molecule has 0 radical (unpaired) electrons. The second-order valence-corrected chi connectivity index (χ2v) is 19.5. The molecule has 4 fully saturated rings. The van der Waals surface area contributed by atoms with Crippen molar-refractivity contribution >= 4 is 50.2 Å². The van der Waals surface area contributed by atoms with Crippen LogP contribution in [0.25, 0.3) is 22.2 Å². The highest BCUT2D eigenvalue weighted by atomic mass is 32.2. The Labute approximate surface area is 368 Å². The lowest BCUT2D eigenvalue weighted by Gasteiger charge is -2.39. The molecule has 17 heteroatoms. The Morgan fingerprint density at radius 2 is 1.73 bits per heavy atom. The van der Waals surface area contributed by atoms with Crippen LogP contribution in [0.1, 0.15) is 75.9 Å². The average Bonchev–Trinajstić information content (AvgIpc) is 4.09. The van der Waals surface area contributed by atoms with Crippen molar-refractivity contribution in [1.29, 1.82) is 0 Å². The van der Waals surface area contributed by atoms with Gasteiger partial charge in [0.15, 0.2) is 5.82 Å². The topological polar surface area (TPSA) is 151 Å². The quantitative estimate of drug-likeness (QED) is 0.132. The van der Waals surface area contributed by atoms with Gasteiger partial charge in [-0.1, -0.05) is 30.8 Å². The highest BCUT2D eigenvalue weighted by Crippen LogP contribution is 2.43. The number of pyridine rings is 1. The smallest absolute Gasteiger partial charge is 0.301 e. The molecule has 1 unspecified atom stereocenters. The van der Waals surface area contributed by atoms with Crippen LogP contribution in [0.2, 0.25) is 0 Å². The number of carbonyl (C=O) groups excluding carboxylic acids is 3. The van der Waals surface area contributed by atoms with E-state index >= 15 is 8.78 Å². The summed E-state index contributed by atoms with van der Waals surface area (Å²) < 4.78 is 73.1. The first-order valence-corrected chi connectivity index (χ1v) is 23.1. The average molecular weight is 893 g/mol. The summed E-state index contributed by atoms with van der Waals surface area (Å²) in [6.45, 7) is 8.47. The number of anilines is 2. The number of rotatable bonds is 10. The monoisotopic (exact) mass is 892 g/mol. The Morgan fingerprint density at radius 1 is 0.953 bits per heavy atom. The molecule has 4 saturated heterocycles. The number of hydrogen-bond donors (Lipinski definition) is 3. The zero-order chi connectivity index (χ0) is 44.5. The van der Waals surface area contributed by atoms with E-state index in [9.17, 15) is 27.2 Å². The van der Waals surface area contributed by atoms with Gasteiger partial charge < -0.3 is 20.1 Å². The van der Waals surface area contributed by atoms with E-state index in [0.29, 0.717) is 47.2 Å². The molecular formula is C47H47F3N8O5S. The molecule has 2 amide bonds. The van der Waals surface area contributed by atoms with Crippen molar-refractivity contribution in [1.82, 2.24) is 29.4 Å². The number of nitrogens with one attached hydrogen (secondary N) is 3. The van der Waals surface area contributed by atoms with E-state index < -0.39 is 51.1 Å². The van der Waals surface area contributed by atoms with Crippen LogP contribution in [0.15, 0.2) is 85.3 Å². The first kappa shape index (κ1) is 41.9. The van der Waals surface area contributed by atoms with Gasteiger partial charge in [-0.25, -0.2) is 18.2 Å².